The third-order valence-electron chi connectivity index (χ3n) is 3.06. The van der Waals surface area contributed by atoms with E-state index in [1.54, 1.807) is 18.2 Å². The highest BCUT2D eigenvalue weighted by molar-refractivity contribution is 7.89. The van der Waals surface area contributed by atoms with E-state index < -0.39 is 28.1 Å². The molecule has 0 bridgehead atoms. The minimum absolute atomic E-state index is 0.0543. The topological polar surface area (TPSA) is 83.9 Å². The highest BCUT2D eigenvalue weighted by Gasteiger charge is 2.43. The molecule has 0 aliphatic carbocycles. The van der Waals surface area contributed by atoms with Gasteiger partial charge < -0.3 is 9.84 Å². The summed E-state index contributed by atoms with van der Waals surface area (Å²) >= 11 is 0. The van der Waals surface area contributed by atoms with Crippen LogP contribution in [0.3, 0.4) is 0 Å². The highest BCUT2D eigenvalue weighted by atomic mass is 32.2. The number of hydrogen-bond acceptors (Lipinski definition) is 5. The molecule has 0 saturated carbocycles. The molecule has 1 saturated heterocycles. The van der Waals surface area contributed by atoms with Crippen LogP contribution in [0.1, 0.15) is 6.42 Å². The number of aliphatic hydroxyl groups is 1. The van der Waals surface area contributed by atoms with E-state index in [-0.39, 0.29) is 17.9 Å². The van der Waals surface area contributed by atoms with Crippen molar-refractivity contribution >= 4 is 16.0 Å². The van der Waals surface area contributed by atoms with Crippen molar-refractivity contribution in [2.75, 3.05) is 13.7 Å². The van der Waals surface area contributed by atoms with Gasteiger partial charge in [0, 0.05) is 13.0 Å². The van der Waals surface area contributed by atoms with Crippen LogP contribution < -0.4 is 0 Å². The monoisotopic (exact) mass is 285 g/mol. The zero-order valence-electron chi connectivity index (χ0n) is 10.4. The largest absolute Gasteiger partial charge is 0.468 e. The van der Waals surface area contributed by atoms with Crippen LogP contribution in [0.5, 0.6) is 0 Å². The van der Waals surface area contributed by atoms with Crippen LogP contribution in [0, 0.1) is 0 Å². The van der Waals surface area contributed by atoms with Crippen LogP contribution in [0.25, 0.3) is 0 Å². The van der Waals surface area contributed by atoms with Crippen molar-refractivity contribution in [1.29, 1.82) is 0 Å². The first-order valence-electron chi connectivity index (χ1n) is 5.79. The van der Waals surface area contributed by atoms with Gasteiger partial charge in [-0.15, -0.1) is 0 Å². The maximum absolute atomic E-state index is 12.4. The van der Waals surface area contributed by atoms with Gasteiger partial charge in [-0.25, -0.2) is 8.42 Å². The molecule has 19 heavy (non-hydrogen) atoms. The Kier molecular flexibility index (Phi) is 3.88. The van der Waals surface area contributed by atoms with E-state index in [1.165, 1.54) is 19.2 Å². The maximum Gasteiger partial charge on any atom is 0.324 e. The average molecular weight is 285 g/mol. The lowest BCUT2D eigenvalue weighted by Gasteiger charge is -2.21. The average Bonchev–Trinajstić information content (AvgIpc) is 2.81. The minimum atomic E-state index is -3.80. The molecule has 7 heteroatoms. The molecule has 1 fully saturated rings. The summed E-state index contributed by atoms with van der Waals surface area (Å²) < 4.78 is 30.4. The molecule has 6 nitrogen and oxygen atoms in total. The van der Waals surface area contributed by atoms with Gasteiger partial charge in [0.2, 0.25) is 10.0 Å². The molecule has 0 spiro atoms. The van der Waals surface area contributed by atoms with Crippen LogP contribution >= 0.6 is 0 Å². The molecular formula is C12H15NO5S. The first-order chi connectivity index (χ1) is 8.96. The summed E-state index contributed by atoms with van der Waals surface area (Å²) in [5.74, 6) is -0.656. The lowest BCUT2D eigenvalue weighted by Crippen LogP contribution is -2.41. The molecule has 1 aromatic rings. The first kappa shape index (κ1) is 14.0. The van der Waals surface area contributed by atoms with Gasteiger partial charge in [-0.05, 0) is 12.1 Å². The Morgan fingerprint density at radius 1 is 1.37 bits per heavy atom. The second-order valence-corrected chi connectivity index (χ2v) is 6.21. The third-order valence-corrected chi connectivity index (χ3v) is 4.95. The van der Waals surface area contributed by atoms with Gasteiger partial charge in [0.15, 0.2) is 0 Å². The number of methoxy groups -OCH3 is 1. The number of carbonyl (C=O) groups excluding carboxylic acids is 1. The van der Waals surface area contributed by atoms with Crippen molar-refractivity contribution in [3.63, 3.8) is 0 Å². The summed E-state index contributed by atoms with van der Waals surface area (Å²) in [5.41, 5.74) is 0. The summed E-state index contributed by atoms with van der Waals surface area (Å²) in [6.45, 7) is -0.100. The van der Waals surface area contributed by atoms with E-state index in [9.17, 15) is 18.3 Å². The van der Waals surface area contributed by atoms with E-state index in [0.29, 0.717) is 0 Å². The molecule has 0 amide bonds. The van der Waals surface area contributed by atoms with Crippen molar-refractivity contribution in [3.8, 4) is 0 Å². The molecule has 1 aromatic carbocycles. The number of carbonyl (C=O) groups is 1. The second-order valence-electron chi connectivity index (χ2n) is 4.32. The summed E-state index contributed by atoms with van der Waals surface area (Å²) in [6, 6.07) is 6.85. The van der Waals surface area contributed by atoms with Gasteiger partial charge >= 0.3 is 5.97 Å². The Morgan fingerprint density at radius 2 is 2.00 bits per heavy atom. The Balaban J connectivity index is 2.36. The Morgan fingerprint density at radius 3 is 2.58 bits per heavy atom. The summed E-state index contributed by atoms with van der Waals surface area (Å²) in [4.78, 5) is 11.7. The Hall–Kier alpha value is -1.44. The number of sulfonamides is 1. The quantitative estimate of drug-likeness (QED) is 0.789. The summed E-state index contributed by atoms with van der Waals surface area (Å²) in [5, 5.41) is 9.61. The van der Waals surface area contributed by atoms with Gasteiger partial charge in [-0.2, -0.15) is 4.31 Å². The lowest BCUT2D eigenvalue weighted by molar-refractivity contribution is -0.144. The van der Waals surface area contributed by atoms with E-state index >= 15 is 0 Å². The first-order valence-corrected chi connectivity index (χ1v) is 7.23. The van der Waals surface area contributed by atoms with E-state index in [1.807, 2.05) is 0 Å². The van der Waals surface area contributed by atoms with Gasteiger partial charge in [0.1, 0.15) is 6.04 Å². The smallest absolute Gasteiger partial charge is 0.324 e. The number of rotatable bonds is 3. The van der Waals surface area contributed by atoms with Crippen LogP contribution in [0.15, 0.2) is 35.2 Å². The molecule has 2 atom stereocenters. The molecule has 104 valence electrons. The number of nitrogens with zero attached hydrogens (tertiary/aromatic N) is 1. The van der Waals surface area contributed by atoms with E-state index in [0.717, 1.165) is 4.31 Å². The third kappa shape index (κ3) is 2.63. The number of β-amino-alcohol motifs (C(OH)–C–C–N with tert-alkyl or cyclic N) is 1. The molecule has 1 N–H and O–H groups in total. The summed E-state index contributed by atoms with van der Waals surface area (Å²) in [6.07, 6.45) is -0.804. The Bertz CT molecular complexity index is 557. The fourth-order valence-electron chi connectivity index (χ4n) is 2.13. The molecule has 2 rings (SSSR count). The van der Waals surface area contributed by atoms with Crippen molar-refractivity contribution in [2.45, 2.75) is 23.5 Å². The molecular weight excluding hydrogens is 270 g/mol. The zero-order chi connectivity index (χ0) is 14.0. The normalized spacial score (nSPS) is 24.3. The van der Waals surface area contributed by atoms with Gasteiger partial charge in [0.25, 0.3) is 0 Å². The standard InChI is InChI=1S/C12H15NO5S/c1-18-12(15)11-7-9(14)8-13(11)19(16,17)10-5-3-2-4-6-10/h2-6,9,11,14H,7-8H2,1H3. The minimum Gasteiger partial charge on any atom is -0.468 e. The number of aliphatic hydroxyl groups excluding tert-OH is 1. The zero-order valence-corrected chi connectivity index (χ0v) is 11.2. The van der Waals surface area contributed by atoms with Crippen LogP contribution in [-0.2, 0) is 19.6 Å². The van der Waals surface area contributed by atoms with Gasteiger partial charge in [0.05, 0.1) is 18.1 Å². The number of esters is 1. The van der Waals surface area contributed by atoms with Crippen molar-refractivity contribution in [3.05, 3.63) is 30.3 Å². The molecule has 1 aliphatic rings. The predicted octanol–water partition coefficient (Wildman–Crippen LogP) is -0.0165. The van der Waals surface area contributed by atoms with Crippen molar-refractivity contribution in [1.82, 2.24) is 4.31 Å². The van der Waals surface area contributed by atoms with Crippen LogP contribution in [0.2, 0.25) is 0 Å². The summed E-state index contributed by atoms with van der Waals surface area (Å²) in [7, 11) is -2.61. The van der Waals surface area contributed by atoms with E-state index in [2.05, 4.69) is 4.74 Å². The molecule has 0 radical (unpaired) electrons. The number of ether oxygens (including phenoxy) is 1. The predicted molar refractivity (Wildman–Crippen MR) is 66.8 cm³/mol. The number of hydrogen-bond donors (Lipinski definition) is 1. The maximum atomic E-state index is 12.4. The molecule has 2 unspecified atom stereocenters. The fourth-order valence-corrected chi connectivity index (χ4v) is 3.78. The van der Waals surface area contributed by atoms with Gasteiger partial charge in [-0.1, -0.05) is 18.2 Å². The van der Waals surface area contributed by atoms with Gasteiger partial charge in [-0.3, -0.25) is 4.79 Å². The number of benzene rings is 1. The van der Waals surface area contributed by atoms with Crippen molar-refractivity contribution in [2.24, 2.45) is 0 Å². The Labute approximate surface area is 111 Å². The highest BCUT2D eigenvalue weighted by Crippen LogP contribution is 2.26. The molecule has 1 aliphatic heterocycles. The fraction of sp³-hybridized carbons (Fsp3) is 0.417. The van der Waals surface area contributed by atoms with E-state index in [4.69, 9.17) is 0 Å². The van der Waals surface area contributed by atoms with Crippen molar-refractivity contribution < 1.29 is 23.1 Å². The van der Waals surface area contributed by atoms with Crippen LogP contribution in [0.4, 0.5) is 0 Å². The SMILES string of the molecule is COC(=O)C1CC(O)CN1S(=O)(=O)c1ccccc1. The molecule has 1 heterocycles. The van der Waals surface area contributed by atoms with Crippen LogP contribution in [-0.4, -0.2) is 49.6 Å². The molecule has 0 aromatic heterocycles. The lowest BCUT2D eigenvalue weighted by atomic mass is 10.2. The second kappa shape index (κ2) is 5.28.